The van der Waals surface area contributed by atoms with Gasteiger partial charge in [0.1, 0.15) is 9.21 Å². The molecule has 0 spiro atoms. The monoisotopic (exact) mass is 370 g/mol. The number of hydrogen-bond acceptors (Lipinski definition) is 2. The zero-order chi connectivity index (χ0) is 9.84. The van der Waals surface area contributed by atoms with Gasteiger partial charge in [-0.3, -0.25) is 4.79 Å². The molecule has 6 heteroatoms. The van der Waals surface area contributed by atoms with Crippen LogP contribution in [0.5, 0.6) is 0 Å². The third-order valence-corrected chi connectivity index (χ3v) is 2.77. The first-order valence-corrected chi connectivity index (χ1v) is 6.02. The van der Waals surface area contributed by atoms with E-state index < -0.39 is 0 Å². The highest BCUT2D eigenvalue weighted by Crippen LogP contribution is 2.22. The molecule has 70 valence electrons. The van der Waals surface area contributed by atoms with Crippen LogP contribution in [0, 0.1) is 0 Å². The molecular formula is C7H5Br3N2O. The minimum absolute atomic E-state index is 0.107. The van der Waals surface area contributed by atoms with E-state index in [1.54, 1.807) is 12.1 Å². The molecule has 0 aliphatic rings. The standard InChI is InChI=1S/C7H5Br3N2O/c8-3-6(13)11-4-1-2-5(9)12-7(4)10/h1-2H,3H2,(H,11,13). The Bertz CT molecular complexity index is 330. The lowest BCUT2D eigenvalue weighted by molar-refractivity contribution is -0.113. The molecule has 13 heavy (non-hydrogen) atoms. The van der Waals surface area contributed by atoms with Crippen LogP contribution in [0.1, 0.15) is 0 Å². The van der Waals surface area contributed by atoms with Crippen LogP contribution < -0.4 is 5.32 Å². The van der Waals surface area contributed by atoms with Gasteiger partial charge in [0.25, 0.3) is 0 Å². The third kappa shape index (κ3) is 3.36. The molecule has 0 radical (unpaired) electrons. The third-order valence-electron chi connectivity index (χ3n) is 1.21. The van der Waals surface area contributed by atoms with Crippen molar-refractivity contribution in [1.82, 2.24) is 4.98 Å². The van der Waals surface area contributed by atoms with Crippen molar-refractivity contribution in [3.05, 3.63) is 21.3 Å². The minimum atomic E-state index is -0.107. The van der Waals surface area contributed by atoms with Crippen LogP contribution >= 0.6 is 47.8 Å². The maximum absolute atomic E-state index is 11.0. The number of pyridine rings is 1. The second kappa shape index (κ2) is 5.07. The Balaban J connectivity index is 2.83. The normalized spacial score (nSPS) is 9.77. The van der Waals surface area contributed by atoms with E-state index >= 15 is 0 Å². The summed E-state index contributed by atoms with van der Waals surface area (Å²) in [6.07, 6.45) is 0. The Morgan fingerprint density at radius 3 is 2.69 bits per heavy atom. The Morgan fingerprint density at radius 2 is 2.15 bits per heavy atom. The van der Waals surface area contributed by atoms with E-state index in [0.717, 1.165) is 4.60 Å². The first-order valence-electron chi connectivity index (χ1n) is 3.31. The molecule has 1 N–H and O–H groups in total. The number of alkyl halides is 1. The molecule has 0 bridgehead atoms. The molecule has 3 nitrogen and oxygen atoms in total. The van der Waals surface area contributed by atoms with Crippen molar-refractivity contribution >= 4 is 59.4 Å². The van der Waals surface area contributed by atoms with E-state index in [0.29, 0.717) is 10.3 Å². The number of rotatable bonds is 2. The van der Waals surface area contributed by atoms with Gasteiger partial charge in [-0.25, -0.2) is 4.98 Å². The van der Waals surface area contributed by atoms with Crippen LogP contribution in [0.25, 0.3) is 0 Å². The molecule has 1 heterocycles. The minimum Gasteiger partial charge on any atom is -0.323 e. The Kier molecular flexibility index (Phi) is 4.34. The summed E-state index contributed by atoms with van der Waals surface area (Å²) in [4.78, 5) is 15.1. The van der Waals surface area contributed by atoms with Gasteiger partial charge >= 0.3 is 0 Å². The lowest BCUT2D eigenvalue weighted by Gasteiger charge is -2.04. The molecule has 1 rings (SSSR count). The SMILES string of the molecule is O=C(CBr)Nc1ccc(Br)nc1Br. The van der Waals surface area contributed by atoms with Crippen LogP contribution in [0.2, 0.25) is 0 Å². The van der Waals surface area contributed by atoms with Gasteiger partial charge in [-0.05, 0) is 44.0 Å². The maximum Gasteiger partial charge on any atom is 0.235 e. The number of amides is 1. The highest BCUT2D eigenvalue weighted by Gasteiger charge is 2.04. The van der Waals surface area contributed by atoms with Crippen molar-refractivity contribution in [2.75, 3.05) is 10.6 Å². The molecule has 0 aliphatic carbocycles. The highest BCUT2D eigenvalue weighted by atomic mass is 79.9. The predicted molar refractivity (Wildman–Crippen MR) is 62.1 cm³/mol. The van der Waals surface area contributed by atoms with Crippen LogP contribution in [0.15, 0.2) is 21.3 Å². The van der Waals surface area contributed by atoms with Crippen LogP contribution in [-0.4, -0.2) is 16.2 Å². The van der Waals surface area contributed by atoms with Gasteiger partial charge in [-0.2, -0.15) is 0 Å². The highest BCUT2D eigenvalue weighted by molar-refractivity contribution is 9.11. The van der Waals surface area contributed by atoms with Crippen LogP contribution in [0.3, 0.4) is 0 Å². The Morgan fingerprint density at radius 1 is 1.46 bits per heavy atom. The first-order chi connectivity index (χ1) is 6.13. The largest absolute Gasteiger partial charge is 0.323 e. The van der Waals surface area contributed by atoms with Gasteiger partial charge in [0, 0.05) is 0 Å². The maximum atomic E-state index is 11.0. The molecule has 1 aromatic rings. The topological polar surface area (TPSA) is 42.0 Å². The number of nitrogens with one attached hydrogen (secondary N) is 1. The van der Waals surface area contributed by atoms with Gasteiger partial charge < -0.3 is 5.32 Å². The van der Waals surface area contributed by atoms with E-state index in [9.17, 15) is 4.79 Å². The number of anilines is 1. The summed E-state index contributed by atoms with van der Waals surface area (Å²) in [6.45, 7) is 0. The van der Waals surface area contributed by atoms with E-state index in [1.807, 2.05) is 0 Å². The van der Waals surface area contributed by atoms with Crippen molar-refractivity contribution in [3.63, 3.8) is 0 Å². The molecule has 1 amide bonds. The van der Waals surface area contributed by atoms with E-state index in [2.05, 4.69) is 58.1 Å². The summed E-state index contributed by atoms with van der Waals surface area (Å²) in [7, 11) is 0. The summed E-state index contributed by atoms with van der Waals surface area (Å²) in [5.41, 5.74) is 0.660. The molecule has 1 aromatic heterocycles. The molecule has 0 atom stereocenters. The fourth-order valence-electron chi connectivity index (χ4n) is 0.689. The molecule has 0 aliphatic heterocycles. The second-order valence-corrected chi connectivity index (χ2v) is 4.28. The van der Waals surface area contributed by atoms with Gasteiger partial charge in [0.15, 0.2) is 0 Å². The molecule has 0 unspecified atom stereocenters. The summed E-state index contributed by atoms with van der Waals surface area (Å²) in [5.74, 6) is -0.107. The number of hydrogen-bond donors (Lipinski definition) is 1. The summed E-state index contributed by atoms with van der Waals surface area (Å²) >= 11 is 9.50. The zero-order valence-corrected chi connectivity index (χ0v) is 11.1. The average Bonchev–Trinajstić information content (AvgIpc) is 2.09. The van der Waals surface area contributed by atoms with Crippen molar-refractivity contribution in [3.8, 4) is 0 Å². The van der Waals surface area contributed by atoms with Crippen molar-refractivity contribution in [1.29, 1.82) is 0 Å². The number of nitrogens with zero attached hydrogens (tertiary/aromatic N) is 1. The Labute approximate surface area is 101 Å². The lowest BCUT2D eigenvalue weighted by atomic mass is 10.4. The molecule has 0 fully saturated rings. The van der Waals surface area contributed by atoms with E-state index in [1.165, 1.54) is 0 Å². The molecule has 0 saturated heterocycles. The molecule has 0 aromatic carbocycles. The van der Waals surface area contributed by atoms with Crippen LogP contribution in [-0.2, 0) is 4.79 Å². The first kappa shape index (κ1) is 11.1. The van der Waals surface area contributed by atoms with Gasteiger partial charge in [-0.1, -0.05) is 15.9 Å². The zero-order valence-electron chi connectivity index (χ0n) is 6.35. The fourth-order valence-corrected chi connectivity index (χ4v) is 1.80. The van der Waals surface area contributed by atoms with Gasteiger partial charge in [0.2, 0.25) is 5.91 Å². The lowest BCUT2D eigenvalue weighted by Crippen LogP contribution is -2.12. The van der Waals surface area contributed by atoms with Gasteiger partial charge in [-0.15, -0.1) is 0 Å². The number of carbonyl (C=O) groups is 1. The van der Waals surface area contributed by atoms with Crippen molar-refractivity contribution in [2.24, 2.45) is 0 Å². The predicted octanol–water partition coefficient (Wildman–Crippen LogP) is 2.94. The van der Waals surface area contributed by atoms with E-state index in [4.69, 9.17) is 0 Å². The smallest absolute Gasteiger partial charge is 0.235 e. The molecular weight excluding hydrogens is 368 g/mol. The number of carbonyl (C=O) groups excluding carboxylic acids is 1. The van der Waals surface area contributed by atoms with E-state index in [-0.39, 0.29) is 11.2 Å². The summed E-state index contributed by atoms with van der Waals surface area (Å²) in [6, 6.07) is 3.52. The van der Waals surface area contributed by atoms with Crippen molar-refractivity contribution in [2.45, 2.75) is 0 Å². The second-order valence-electron chi connectivity index (χ2n) is 2.15. The fraction of sp³-hybridized carbons (Fsp3) is 0.143. The molecule has 0 saturated carbocycles. The number of aromatic nitrogens is 1. The Hall–Kier alpha value is 0.0600. The quantitative estimate of drug-likeness (QED) is 0.640. The van der Waals surface area contributed by atoms with Gasteiger partial charge in [0.05, 0.1) is 11.0 Å². The van der Waals surface area contributed by atoms with Crippen molar-refractivity contribution < 1.29 is 4.79 Å². The summed E-state index contributed by atoms with van der Waals surface area (Å²) in [5, 5.41) is 2.94. The average molecular weight is 373 g/mol. The summed E-state index contributed by atoms with van der Waals surface area (Å²) < 4.78 is 1.33. The van der Waals surface area contributed by atoms with Crippen LogP contribution in [0.4, 0.5) is 5.69 Å². The number of halogens is 3.